The number of carboxylic acids is 1. The first-order valence-corrected chi connectivity index (χ1v) is 5.01. The highest BCUT2D eigenvalue weighted by molar-refractivity contribution is 5.72. The fraction of sp³-hybridized carbons (Fsp3) is 0.417. The third-order valence-corrected chi connectivity index (χ3v) is 2.46. The Bertz CT molecular complexity index is 333. The van der Waals surface area contributed by atoms with Crippen molar-refractivity contribution in [2.24, 2.45) is 0 Å². The van der Waals surface area contributed by atoms with Gasteiger partial charge in [0.25, 0.3) is 0 Å². The number of aryl methyl sites for hydroxylation is 1. The third-order valence-electron chi connectivity index (χ3n) is 2.46. The van der Waals surface area contributed by atoms with Gasteiger partial charge in [0.2, 0.25) is 0 Å². The lowest BCUT2D eigenvalue weighted by Crippen LogP contribution is -2.25. The standard InChI is InChI=1S/C12H16O3/c1-3-9-6-4-5-7-10(9)8-11(15-2)12(13)14/h4-7,11H,3,8H2,1-2H3,(H,13,14)/t11-/m1/s1. The molecule has 0 fully saturated rings. The van der Waals surface area contributed by atoms with Crippen LogP contribution in [0, 0.1) is 0 Å². The molecule has 1 aromatic rings. The molecule has 0 saturated heterocycles. The maximum Gasteiger partial charge on any atom is 0.333 e. The van der Waals surface area contributed by atoms with Crippen LogP contribution in [0.4, 0.5) is 0 Å². The van der Waals surface area contributed by atoms with Gasteiger partial charge in [0, 0.05) is 13.5 Å². The molecule has 1 atom stereocenters. The van der Waals surface area contributed by atoms with Gasteiger partial charge in [-0.15, -0.1) is 0 Å². The van der Waals surface area contributed by atoms with Crippen molar-refractivity contribution in [3.8, 4) is 0 Å². The summed E-state index contributed by atoms with van der Waals surface area (Å²) in [5.41, 5.74) is 2.23. The highest BCUT2D eigenvalue weighted by Crippen LogP contribution is 2.13. The Kier molecular flexibility index (Phi) is 4.31. The lowest BCUT2D eigenvalue weighted by Gasteiger charge is -2.12. The Hall–Kier alpha value is -1.35. The number of aliphatic carboxylic acids is 1. The molecule has 0 aromatic heterocycles. The van der Waals surface area contributed by atoms with Crippen molar-refractivity contribution < 1.29 is 14.6 Å². The van der Waals surface area contributed by atoms with Crippen LogP contribution in [-0.2, 0) is 22.4 Å². The van der Waals surface area contributed by atoms with Crippen LogP contribution in [-0.4, -0.2) is 24.3 Å². The third kappa shape index (κ3) is 3.06. The maximum atomic E-state index is 10.8. The summed E-state index contributed by atoms with van der Waals surface area (Å²) in [6.45, 7) is 2.06. The zero-order chi connectivity index (χ0) is 11.3. The van der Waals surface area contributed by atoms with Gasteiger partial charge in [-0.1, -0.05) is 31.2 Å². The highest BCUT2D eigenvalue weighted by atomic mass is 16.5. The topological polar surface area (TPSA) is 46.5 Å². The Morgan fingerprint density at radius 1 is 1.40 bits per heavy atom. The second kappa shape index (κ2) is 5.51. The number of hydrogen-bond donors (Lipinski definition) is 1. The smallest absolute Gasteiger partial charge is 0.333 e. The van der Waals surface area contributed by atoms with Gasteiger partial charge in [-0.2, -0.15) is 0 Å². The molecule has 0 aliphatic carbocycles. The minimum absolute atomic E-state index is 0.426. The summed E-state index contributed by atoms with van der Waals surface area (Å²) in [6, 6.07) is 7.85. The van der Waals surface area contributed by atoms with Gasteiger partial charge in [-0.25, -0.2) is 4.79 Å². The van der Waals surface area contributed by atoms with Crippen molar-refractivity contribution in [2.45, 2.75) is 25.9 Å². The Morgan fingerprint density at radius 3 is 2.47 bits per heavy atom. The van der Waals surface area contributed by atoms with E-state index in [0.29, 0.717) is 6.42 Å². The molecule has 3 heteroatoms. The molecular formula is C12H16O3. The van der Waals surface area contributed by atoms with Crippen LogP contribution in [0.2, 0.25) is 0 Å². The molecule has 0 heterocycles. The van der Waals surface area contributed by atoms with Gasteiger partial charge in [0.15, 0.2) is 6.10 Å². The summed E-state index contributed by atoms with van der Waals surface area (Å²) < 4.78 is 4.92. The number of rotatable bonds is 5. The number of benzene rings is 1. The molecule has 0 unspecified atom stereocenters. The predicted molar refractivity (Wildman–Crippen MR) is 58.0 cm³/mol. The van der Waals surface area contributed by atoms with E-state index in [2.05, 4.69) is 6.92 Å². The molecule has 1 N–H and O–H groups in total. The van der Waals surface area contributed by atoms with E-state index in [4.69, 9.17) is 9.84 Å². The monoisotopic (exact) mass is 208 g/mol. The molecule has 82 valence electrons. The van der Waals surface area contributed by atoms with E-state index in [1.165, 1.54) is 12.7 Å². The van der Waals surface area contributed by atoms with E-state index in [1.54, 1.807) is 0 Å². The van der Waals surface area contributed by atoms with Crippen molar-refractivity contribution in [3.63, 3.8) is 0 Å². The summed E-state index contributed by atoms with van der Waals surface area (Å²) in [4.78, 5) is 10.8. The summed E-state index contributed by atoms with van der Waals surface area (Å²) in [5, 5.41) is 8.87. The first-order valence-electron chi connectivity index (χ1n) is 5.01. The molecule has 3 nitrogen and oxygen atoms in total. The van der Waals surface area contributed by atoms with Crippen molar-refractivity contribution in [1.82, 2.24) is 0 Å². The number of methoxy groups -OCH3 is 1. The molecular weight excluding hydrogens is 192 g/mol. The molecule has 0 aliphatic rings. The summed E-state index contributed by atoms with van der Waals surface area (Å²) >= 11 is 0. The van der Waals surface area contributed by atoms with E-state index in [1.807, 2.05) is 24.3 Å². The van der Waals surface area contributed by atoms with Crippen LogP contribution in [0.25, 0.3) is 0 Å². The number of carbonyl (C=O) groups is 1. The second-order valence-electron chi connectivity index (χ2n) is 3.39. The Balaban J connectivity index is 2.82. The quantitative estimate of drug-likeness (QED) is 0.803. The van der Waals surface area contributed by atoms with Crippen LogP contribution >= 0.6 is 0 Å². The number of carboxylic acid groups (broad SMARTS) is 1. The molecule has 1 rings (SSSR count). The van der Waals surface area contributed by atoms with Gasteiger partial charge < -0.3 is 9.84 Å². The van der Waals surface area contributed by atoms with Gasteiger partial charge in [0.05, 0.1) is 0 Å². The molecule has 0 bridgehead atoms. The van der Waals surface area contributed by atoms with Gasteiger partial charge in [-0.05, 0) is 17.5 Å². The molecule has 0 aliphatic heterocycles. The van der Waals surface area contributed by atoms with Crippen molar-refractivity contribution in [2.75, 3.05) is 7.11 Å². The van der Waals surface area contributed by atoms with Crippen molar-refractivity contribution in [1.29, 1.82) is 0 Å². The average molecular weight is 208 g/mol. The summed E-state index contributed by atoms with van der Waals surface area (Å²) in [6.07, 6.45) is 0.583. The van der Waals surface area contributed by atoms with Crippen LogP contribution < -0.4 is 0 Å². The summed E-state index contributed by atoms with van der Waals surface area (Å²) in [7, 11) is 1.42. The fourth-order valence-corrected chi connectivity index (χ4v) is 1.57. The van der Waals surface area contributed by atoms with Gasteiger partial charge in [0.1, 0.15) is 0 Å². The van der Waals surface area contributed by atoms with Crippen LogP contribution in [0.5, 0.6) is 0 Å². The van der Waals surface area contributed by atoms with E-state index in [0.717, 1.165) is 12.0 Å². The van der Waals surface area contributed by atoms with E-state index >= 15 is 0 Å². The highest BCUT2D eigenvalue weighted by Gasteiger charge is 2.17. The molecule has 0 spiro atoms. The maximum absolute atomic E-state index is 10.8. The second-order valence-corrected chi connectivity index (χ2v) is 3.39. The first-order chi connectivity index (χ1) is 7.19. The van der Waals surface area contributed by atoms with Crippen LogP contribution in [0.1, 0.15) is 18.1 Å². The molecule has 15 heavy (non-hydrogen) atoms. The predicted octanol–water partition coefficient (Wildman–Crippen LogP) is 1.89. The molecule has 0 amide bonds. The SMILES string of the molecule is CCc1ccccc1C[C@@H](OC)C(=O)O. The number of ether oxygens (including phenoxy) is 1. The lowest BCUT2D eigenvalue weighted by molar-refractivity contribution is -0.148. The largest absolute Gasteiger partial charge is 0.479 e. The zero-order valence-corrected chi connectivity index (χ0v) is 9.06. The molecule has 1 aromatic carbocycles. The Morgan fingerprint density at radius 2 is 2.00 bits per heavy atom. The fourth-order valence-electron chi connectivity index (χ4n) is 1.57. The van der Waals surface area contributed by atoms with E-state index in [9.17, 15) is 4.79 Å². The van der Waals surface area contributed by atoms with Crippen LogP contribution in [0.3, 0.4) is 0 Å². The van der Waals surface area contributed by atoms with Gasteiger partial charge in [-0.3, -0.25) is 0 Å². The average Bonchev–Trinajstić information content (AvgIpc) is 2.25. The van der Waals surface area contributed by atoms with E-state index in [-0.39, 0.29) is 0 Å². The lowest BCUT2D eigenvalue weighted by atomic mass is 10.00. The van der Waals surface area contributed by atoms with E-state index < -0.39 is 12.1 Å². The Labute approximate surface area is 89.7 Å². The number of hydrogen-bond acceptors (Lipinski definition) is 2. The summed E-state index contributed by atoms with van der Waals surface area (Å²) in [5.74, 6) is -0.914. The zero-order valence-electron chi connectivity index (χ0n) is 9.06. The minimum atomic E-state index is -0.914. The normalized spacial score (nSPS) is 12.4. The van der Waals surface area contributed by atoms with Crippen molar-refractivity contribution in [3.05, 3.63) is 35.4 Å². The van der Waals surface area contributed by atoms with Crippen LogP contribution in [0.15, 0.2) is 24.3 Å². The minimum Gasteiger partial charge on any atom is -0.479 e. The molecule has 0 radical (unpaired) electrons. The van der Waals surface area contributed by atoms with Gasteiger partial charge >= 0.3 is 5.97 Å². The first kappa shape index (κ1) is 11.7. The van der Waals surface area contributed by atoms with Crippen molar-refractivity contribution >= 4 is 5.97 Å². The molecule has 0 saturated carbocycles.